The van der Waals surface area contributed by atoms with Gasteiger partial charge in [-0.2, -0.15) is 9.97 Å². The first-order chi connectivity index (χ1) is 43.6. The van der Waals surface area contributed by atoms with E-state index in [1.165, 1.54) is 29.2 Å². The number of esters is 2. The molecule has 3 aromatic heterocycles. The quantitative estimate of drug-likeness (QED) is 0.0231. The molecule has 0 bridgehead atoms. The third-order valence-corrected chi connectivity index (χ3v) is 23.1. The molecule has 0 unspecified atom stereocenters. The number of nitrogens with zero attached hydrogens (tertiary/aromatic N) is 6. The van der Waals surface area contributed by atoms with E-state index in [9.17, 15) is 47.6 Å². The number of benzene rings is 5. The molecule has 8 atom stereocenters. The van der Waals surface area contributed by atoms with Crippen LogP contribution >= 0.6 is 0 Å². The van der Waals surface area contributed by atoms with Gasteiger partial charge in [0.15, 0.2) is 39.6 Å². The molecule has 24 nitrogen and oxygen atoms in total. The van der Waals surface area contributed by atoms with Crippen molar-refractivity contribution in [1.82, 2.24) is 29.1 Å². The van der Waals surface area contributed by atoms with Crippen molar-refractivity contribution in [2.75, 3.05) is 36.6 Å². The number of fused-ring (bicyclic) bond motifs is 1. The number of hydrogen-bond donors (Lipinski definition) is 3. The van der Waals surface area contributed by atoms with Gasteiger partial charge in [0.05, 0.1) is 58.6 Å². The summed E-state index contributed by atoms with van der Waals surface area (Å²) in [5, 5.41) is 27.8. The second-order valence-corrected chi connectivity index (χ2v) is 30.2. The van der Waals surface area contributed by atoms with Crippen LogP contribution in [0, 0.1) is 27.9 Å². The van der Waals surface area contributed by atoms with E-state index in [2.05, 4.69) is 41.0 Å². The maximum absolute atomic E-state index is 15.0. The molecule has 26 heteroatoms. The Labute approximate surface area is 524 Å². The van der Waals surface area contributed by atoms with Crippen LogP contribution in [0.4, 0.5) is 11.6 Å². The summed E-state index contributed by atoms with van der Waals surface area (Å²) in [7, 11) is -7.44. The van der Waals surface area contributed by atoms with Crippen molar-refractivity contribution in [3.8, 4) is 5.88 Å². The fourth-order valence-electron chi connectivity index (χ4n) is 11.7. The van der Waals surface area contributed by atoms with E-state index in [0.717, 1.165) is 21.0 Å². The standard InChI is InChI=1S/C65H70N8O16SSi/c1-41(2)57(76)69-63-68-56-53(58(70-63)84-35-31-42-26-28-45(29-27-42)73(80)81)66-40-72(56)60-55(89-62(78)44-20-12-7-13-21-44)48(38-85-61(77)43-18-10-6-11-19-43)51(88-60)33-37-90(82,83)39-49-50(87-59(54(49)75)71-34-30-52(74)67-64(71)79)32-36-86-91(65(3,4)5,46-22-14-8-15-23-46)47-24-16-9-17-25-47/h6-30,34,40-41,48-51,54-55,59-60,75H,31-33,35-39H2,1-5H3,(H,67,74,79)(H,68,69,70,76)/t48-,49-,50-,51-,54-,55-,59-,60-/m1/s1. The minimum Gasteiger partial charge on any atom is -0.476 e. The lowest BCUT2D eigenvalue weighted by Gasteiger charge is -2.43. The highest BCUT2D eigenvalue weighted by Gasteiger charge is 2.53. The Morgan fingerprint density at radius 3 is 1.96 bits per heavy atom. The van der Waals surface area contributed by atoms with Crippen molar-refractivity contribution in [3.05, 3.63) is 212 Å². The third-order valence-electron chi connectivity index (χ3n) is 16.3. The average molecular weight is 1280 g/mol. The average Bonchev–Trinajstić information content (AvgIpc) is 1.64. The summed E-state index contributed by atoms with van der Waals surface area (Å²) in [6.45, 7) is 9.27. The molecular weight excluding hydrogens is 1210 g/mol. The number of non-ortho nitro benzene ring substituents is 1. The molecule has 3 N–H and O–H groups in total. The summed E-state index contributed by atoms with van der Waals surface area (Å²) in [6.07, 6.45) is -5.42. The molecule has 476 valence electrons. The van der Waals surface area contributed by atoms with Crippen molar-refractivity contribution in [3.63, 3.8) is 0 Å². The number of sulfone groups is 1. The predicted octanol–water partition coefficient (Wildman–Crippen LogP) is 6.74. The second-order valence-electron chi connectivity index (χ2n) is 23.7. The molecule has 2 aliphatic rings. The summed E-state index contributed by atoms with van der Waals surface area (Å²) in [5.41, 5.74) is -0.492. The molecule has 0 radical (unpaired) electrons. The van der Waals surface area contributed by atoms with Crippen LogP contribution in [0.1, 0.15) is 86.2 Å². The third kappa shape index (κ3) is 14.7. The summed E-state index contributed by atoms with van der Waals surface area (Å²) >= 11 is 0. The molecule has 0 saturated carbocycles. The number of aliphatic hydroxyl groups is 1. The van der Waals surface area contributed by atoms with E-state index in [4.69, 9.17) is 33.1 Å². The van der Waals surface area contributed by atoms with Crippen LogP contribution in [0.5, 0.6) is 5.88 Å². The van der Waals surface area contributed by atoms with Crippen molar-refractivity contribution in [1.29, 1.82) is 0 Å². The maximum Gasteiger partial charge on any atom is 0.338 e. The van der Waals surface area contributed by atoms with Gasteiger partial charge in [0, 0.05) is 49.3 Å². The summed E-state index contributed by atoms with van der Waals surface area (Å²) in [5.74, 6) is -6.28. The Hall–Kier alpha value is -9.05. The summed E-state index contributed by atoms with van der Waals surface area (Å²) in [4.78, 5) is 93.7. The zero-order valence-electron chi connectivity index (χ0n) is 50.6. The Kier molecular flexibility index (Phi) is 20.0. The number of amides is 1. The first-order valence-corrected chi connectivity index (χ1v) is 33.5. The van der Waals surface area contributed by atoms with E-state index < -0.39 is 130 Å². The van der Waals surface area contributed by atoms with Crippen LogP contribution in [0.15, 0.2) is 174 Å². The summed E-state index contributed by atoms with van der Waals surface area (Å²) < 4.78 is 71.6. The maximum atomic E-state index is 15.0. The largest absolute Gasteiger partial charge is 0.476 e. The number of anilines is 1. The van der Waals surface area contributed by atoms with Gasteiger partial charge in [-0.3, -0.25) is 39.1 Å². The lowest BCUT2D eigenvalue weighted by atomic mass is 9.96. The van der Waals surface area contributed by atoms with Crippen LogP contribution in [0.3, 0.4) is 0 Å². The fourth-order valence-corrected chi connectivity index (χ4v) is 18.0. The molecular formula is C65H70N8O16SSi. The minimum atomic E-state index is -4.29. The number of carbonyl (C=O) groups excluding carboxylic acids is 3. The van der Waals surface area contributed by atoms with Crippen molar-refractivity contribution < 1.29 is 60.9 Å². The molecule has 8 aromatic rings. The Morgan fingerprint density at radius 1 is 0.769 bits per heavy atom. The topological polar surface area (TPSA) is 315 Å². The monoisotopic (exact) mass is 1280 g/mol. The van der Waals surface area contributed by atoms with Crippen molar-refractivity contribution in [2.45, 2.75) is 95.8 Å². The van der Waals surface area contributed by atoms with Crippen LogP contribution in [-0.4, -0.2) is 129 Å². The predicted molar refractivity (Wildman–Crippen MR) is 337 cm³/mol. The van der Waals surface area contributed by atoms with Gasteiger partial charge in [-0.15, -0.1) is 0 Å². The van der Waals surface area contributed by atoms with Crippen molar-refractivity contribution in [2.24, 2.45) is 17.8 Å². The van der Waals surface area contributed by atoms with Gasteiger partial charge in [-0.05, 0) is 58.1 Å². The SMILES string of the molecule is CC(C)C(=O)Nc1nc(OCCc2ccc([N+](=O)[O-])cc2)c2ncn([C@@H]3O[C@H](CCS(=O)(=O)C[C@H]4[C@@H](O)[C@H](n5ccc(=O)[nH]c5=O)O[C@@H]4CCO[Si](c4ccccc4)(c4ccccc4)C(C)(C)C)[C@@H](COC(=O)c4ccccc4)[C@H]3OC(=O)c3ccccc3)c2n1. The Morgan fingerprint density at radius 2 is 1.36 bits per heavy atom. The Bertz CT molecular complexity index is 4060. The number of aromatic nitrogens is 6. The van der Waals surface area contributed by atoms with Gasteiger partial charge in [0.2, 0.25) is 17.7 Å². The number of aromatic amines is 1. The van der Waals surface area contributed by atoms with Crippen LogP contribution in [0.2, 0.25) is 5.04 Å². The molecule has 91 heavy (non-hydrogen) atoms. The lowest BCUT2D eigenvalue weighted by Crippen LogP contribution is -2.66. The number of hydrogen-bond acceptors (Lipinski definition) is 19. The van der Waals surface area contributed by atoms with Crippen LogP contribution < -0.4 is 31.7 Å². The lowest BCUT2D eigenvalue weighted by molar-refractivity contribution is -0.384. The highest BCUT2D eigenvalue weighted by Crippen LogP contribution is 2.43. The molecule has 1 amide bonds. The second kappa shape index (κ2) is 28.0. The highest BCUT2D eigenvalue weighted by atomic mass is 32.2. The number of ether oxygens (including phenoxy) is 5. The molecule has 5 aromatic carbocycles. The van der Waals surface area contributed by atoms with Gasteiger partial charge < -0.3 is 33.2 Å². The van der Waals surface area contributed by atoms with Gasteiger partial charge in [0.25, 0.3) is 19.6 Å². The van der Waals surface area contributed by atoms with E-state index in [1.54, 1.807) is 86.6 Å². The Balaban J connectivity index is 0.981. The number of nitro groups is 1. The smallest absolute Gasteiger partial charge is 0.338 e. The number of imidazole rings is 1. The van der Waals surface area contributed by atoms with E-state index in [1.807, 2.05) is 60.7 Å². The van der Waals surface area contributed by atoms with Gasteiger partial charge in [-0.1, -0.05) is 144 Å². The zero-order chi connectivity index (χ0) is 64.6. The summed E-state index contributed by atoms with van der Waals surface area (Å²) in [6, 6.07) is 43.1. The normalized spacial score (nSPS) is 20.1. The molecule has 0 spiro atoms. The van der Waals surface area contributed by atoms with E-state index in [0.29, 0.717) is 5.56 Å². The van der Waals surface area contributed by atoms with Gasteiger partial charge >= 0.3 is 17.6 Å². The van der Waals surface area contributed by atoms with E-state index >= 15 is 0 Å². The van der Waals surface area contributed by atoms with Gasteiger partial charge in [-0.25, -0.2) is 27.8 Å². The fraction of sp³-hybridized carbons (Fsp3) is 0.354. The molecule has 2 saturated heterocycles. The highest BCUT2D eigenvalue weighted by molar-refractivity contribution is 7.91. The molecule has 5 heterocycles. The number of aliphatic hydroxyl groups excluding tert-OH is 1. The number of rotatable bonds is 25. The first-order valence-electron chi connectivity index (χ1n) is 29.8. The van der Waals surface area contributed by atoms with Crippen LogP contribution in [0.25, 0.3) is 11.2 Å². The molecule has 2 aliphatic heterocycles. The number of nitrogens with one attached hydrogen (secondary N) is 2. The molecule has 2 fully saturated rings. The molecule has 10 rings (SSSR count). The minimum absolute atomic E-state index is 0.0101. The number of H-pyrrole nitrogens is 1. The number of nitro benzene ring substituents is 1. The molecule has 0 aliphatic carbocycles. The van der Waals surface area contributed by atoms with Crippen molar-refractivity contribution >= 4 is 69.2 Å². The van der Waals surface area contributed by atoms with Gasteiger partial charge in [0.1, 0.15) is 12.7 Å². The van der Waals surface area contributed by atoms with E-state index in [-0.39, 0.29) is 72.3 Å². The zero-order valence-corrected chi connectivity index (χ0v) is 52.4. The number of carbonyl (C=O) groups is 3. The first kappa shape index (κ1) is 64.9. The van der Waals surface area contributed by atoms with Crippen LogP contribution in [-0.2, 0) is 44.4 Å².